The molecular weight excluding hydrogens is 396 g/mol. The van der Waals surface area contributed by atoms with Crippen LogP contribution in [0.5, 0.6) is 0 Å². The second kappa shape index (κ2) is 9.49. The second-order valence-electron chi connectivity index (χ2n) is 6.60. The Labute approximate surface area is 172 Å². The summed E-state index contributed by atoms with van der Waals surface area (Å²) >= 11 is 2.16. The fraction of sp³-hybridized carbons (Fsp3) is 0.421. The Bertz CT molecular complexity index is 902. The van der Waals surface area contributed by atoms with E-state index in [2.05, 4.69) is 9.62 Å². The molecule has 1 aliphatic rings. The molecule has 9 heteroatoms. The molecule has 1 saturated heterocycles. The minimum atomic E-state index is -0.358. The summed E-state index contributed by atoms with van der Waals surface area (Å²) in [6, 6.07) is 9.25. The van der Waals surface area contributed by atoms with Gasteiger partial charge in [0, 0.05) is 32.1 Å². The third kappa shape index (κ3) is 4.89. The number of carbonyl (C=O) groups excluding carboxylic acids is 2. The zero-order valence-electron chi connectivity index (χ0n) is 16.0. The standard InChI is InChI=1S/C19H24N4O3S2/c1-14-17(18(25)23(21(14)2)15-9-5-3-6-10-15)20-16(24)13-27-19(26)28-22-11-7-4-8-12-22/h3,5-6,9-10H,4,7-8,11-13H2,1-2H3,(H,20,24). The van der Waals surface area contributed by atoms with Gasteiger partial charge in [-0.25, -0.2) is 8.99 Å². The predicted octanol–water partition coefficient (Wildman–Crippen LogP) is 3.41. The number of anilines is 1. The van der Waals surface area contributed by atoms with E-state index in [0.717, 1.165) is 43.4 Å². The molecule has 1 aromatic heterocycles. The summed E-state index contributed by atoms with van der Waals surface area (Å²) in [6.45, 7) is 3.59. The van der Waals surface area contributed by atoms with Gasteiger partial charge < -0.3 is 5.32 Å². The molecule has 1 amide bonds. The summed E-state index contributed by atoms with van der Waals surface area (Å²) in [6.07, 6.45) is 3.41. The lowest BCUT2D eigenvalue weighted by molar-refractivity contribution is -0.113. The fourth-order valence-corrected chi connectivity index (χ4v) is 4.78. The van der Waals surface area contributed by atoms with Gasteiger partial charge in [0.15, 0.2) is 0 Å². The van der Waals surface area contributed by atoms with Gasteiger partial charge in [-0.1, -0.05) is 36.4 Å². The van der Waals surface area contributed by atoms with E-state index in [4.69, 9.17) is 0 Å². The highest BCUT2D eigenvalue weighted by Gasteiger charge is 2.20. The number of amides is 1. The molecule has 1 aliphatic heterocycles. The number of hydrogen-bond donors (Lipinski definition) is 1. The number of hydrogen-bond acceptors (Lipinski definition) is 6. The Kier molecular flexibility index (Phi) is 7.03. The van der Waals surface area contributed by atoms with E-state index in [9.17, 15) is 14.4 Å². The Hall–Kier alpha value is -1.97. The largest absolute Gasteiger partial charge is 0.319 e. The number of rotatable bonds is 5. The lowest BCUT2D eigenvalue weighted by Crippen LogP contribution is -2.25. The fourth-order valence-electron chi connectivity index (χ4n) is 3.10. The van der Waals surface area contributed by atoms with Crippen LogP contribution in [0.2, 0.25) is 0 Å². The summed E-state index contributed by atoms with van der Waals surface area (Å²) in [7, 11) is 1.77. The van der Waals surface area contributed by atoms with Crippen molar-refractivity contribution in [2.75, 3.05) is 24.2 Å². The molecule has 0 atom stereocenters. The van der Waals surface area contributed by atoms with Crippen molar-refractivity contribution in [3.63, 3.8) is 0 Å². The number of nitrogens with one attached hydrogen (secondary N) is 1. The first-order valence-corrected chi connectivity index (χ1v) is 11.0. The molecule has 0 bridgehead atoms. The van der Waals surface area contributed by atoms with Crippen molar-refractivity contribution in [3.05, 3.63) is 46.4 Å². The van der Waals surface area contributed by atoms with E-state index in [1.165, 1.54) is 23.1 Å². The minimum absolute atomic E-state index is 0.0151. The number of piperidine rings is 1. The Morgan fingerprint density at radius 1 is 1.11 bits per heavy atom. The second-order valence-corrected chi connectivity index (χ2v) is 8.88. The van der Waals surface area contributed by atoms with Gasteiger partial charge in [-0.2, -0.15) is 0 Å². The first-order valence-electron chi connectivity index (χ1n) is 9.21. The normalized spacial score (nSPS) is 14.8. The number of carbonyl (C=O) groups is 2. The Morgan fingerprint density at radius 2 is 1.79 bits per heavy atom. The summed E-state index contributed by atoms with van der Waals surface area (Å²) in [5.74, 6) is -0.373. The average molecular weight is 421 g/mol. The van der Waals surface area contributed by atoms with Gasteiger partial charge in [-0.15, -0.1) is 0 Å². The van der Waals surface area contributed by atoms with Crippen LogP contribution in [0.4, 0.5) is 10.5 Å². The van der Waals surface area contributed by atoms with Crippen LogP contribution in [0.1, 0.15) is 25.0 Å². The predicted molar refractivity (Wildman–Crippen MR) is 115 cm³/mol. The van der Waals surface area contributed by atoms with Gasteiger partial charge in [-0.05, 0) is 31.9 Å². The van der Waals surface area contributed by atoms with E-state index in [1.807, 2.05) is 30.3 Å². The zero-order chi connectivity index (χ0) is 20.1. The first kappa shape index (κ1) is 20.8. The monoisotopic (exact) mass is 420 g/mol. The maximum atomic E-state index is 12.8. The van der Waals surface area contributed by atoms with Crippen molar-refractivity contribution in [2.24, 2.45) is 7.05 Å². The molecule has 3 rings (SSSR count). The van der Waals surface area contributed by atoms with Gasteiger partial charge in [-0.3, -0.25) is 19.1 Å². The van der Waals surface area contributed by atoms with Crippen LogP contribution in [0.25, 0.3) is 5.69 Å². The maximum absolute atomic E-state index is 12.8. The Morgan fingerprint density at radius 3 is 2.46 bits per heavy atom. The molecule has 28 heavy (non-hydrogen) atoms. The van der Waals surface area contributed by atoms with Crippen molar-refractivity contribution < 1.29 is 9.59 Å². The van der Waals surface area contributed by atoms with E-state index >= 15 is 0 Å². The molecule has 0 radical (unpaired) electrons. The first-order chi connectivity index (χ1) is 13.5. The van der Waals surface area contributed by atoms with Gasteiger partial charge >= 0.3 is 0 Å². The average Bonchev–Trinajstić information content (AvgIpc) is 2.91. The molecule has 1 aromatic carbocycles. The maximum Gasteiger partial charge on any atom is 0.295 e. The number of thioether (sulfide) groups is 1. The topological polar surface area (TPSA) is 76.3 Å². The summed E-state index contributed by atoms with van der Waals surface area (Å²) in [5, 5.41) is 2.68. The lowest BCUT2D eigenvalue weighted by Gasteiger charge is -2.23. The molecule has 7 nitrogen and oxygen atoms in total. The smallest absolute Gasteiger partial charge is 0.295 e. The summed E-state index contributed by atoms with van der Waals surface area (Å²) in [5.41, 5.74) is 1.33. The van der Waals surface area contributed by atoms with Crippen LogP contribution in [0.3, 0.4) is 0 Å². The van der Waals surface area contributed by atoms with Gasteiger partial charge in [0.2, 0.25) is 5.91 Å². The molecule has 2 aromatic rings. The molecule has 150 valence electrons. The minimum Gasteiger partial charge on any atom is -0.319 e. The Balaban J connectivity index is 1.61. The van der Waals surface area contributed by atoms with E-state index < -0.39 is 0 Å². The summed E-state index contributed by atoms with van der Waals surface area (Å²) in [4.78, 5) is 37.2. The number of aromatic nitrogens is 2. The molecule has 0 aliphatic carbocycles. The molecular formula is C19H24N4O3S2. The van der Waals surface area contributed by atoms with Crippen molar-refractivity contribution in [1.29, 1.82) is 0 Å². The highest BCUT2D eigenvalue weighted by atomic mass is 32.2. The van der Waals surface area contributed by atoms with Crippen LogP contribution in [-0.2, 0) is 11.8 Å². The van der Waals surface area contributed by atoms with Crippen LogP contribution < -0.4 is 10.9 Å². The zero-order valence-corrected chi connectivity index (χ0v) is 17.6. The third-order valence-electron chi connectivity index (χ3n) is 4.66. The van der Waals surface area contributed by atoms with Crippen molar-refractivity contribution in [2.45, 2.75) is 26.2 Å². The van der Waals surface area contributed by atoms with Crippen LogP contribution in [0, 0.1) is 6.92 Å². The quantitative estimate of drug-likeness (QED) is 0.747. The molecule has 0 saturated carbocycles. The van der Waals surface area contributed by atoms with Crippen LogP contribution in [0.15, 0.2) is 35.1 Å². The lowest BCUT2D eigenvalue weighted by atomic mass is 10.2. The molecule has 1 N–H and O–H groups in total. The number of para-hydroxylation sites is 1. The van der Waals surface area contributed by atoms with Crippen LogP contribution in [-0.4, -0.2) is 42.9 Å². The highest BCUT2D eigenvalue weighted by Crippen LogP contribution is 2.24. The molecule has 1 fully saturated rings. The van der Waals surface area contributed by atoms with E-state index in [0.29, 0.717) is 5.69 Å². The molecule has 0 unspecified atom stereocenters. The summed E-state index contributed by atoms with van der Waals surface area (Å²) < 4.78 is 5.17. The van der Waals surface area contributed by atoms with Gasteiger partial charge in [0.1, 0.15) is 5.69 Å². The van der Waals surface area contributed by atoms with Crippen LogP contribution >= 0.6 is 23.7 Å². The van der Waals surface area contributed by atoms with Crippen molar-refractivity contribution >= 4 is 39.8 Å². The van der Waals surface area contributed by atoms with Gasteiger partial charge in [0.25, 0.3) is 10.0 Å². The number of benzene rings is 1. The van der Waals surface area contributed by atoms with E-state index in [-0.39, 0.29) is 27.4 Å². The van der Waals surface area contributed by atoms with E-state index in [1.54, 1.807) is 18.7 Å². The van der Waals surface area contributed by atoms with Gasteiger partial charge in [0.05, 0.1) is 17.1 Å². The molecule has 0 spiro atoms. The van der Waals surface area contributed by atoms with Crippen molar-refractivity contribution in [3.8, 4) is 5.69 Å². The third-order valence-corrected chi connectivity index (χ3v) is 6.65. The SMILES string of the molecule is Cc1c(NC(=O)CSC(=O)SN2CCCCC2)c(=O)n(-c2ccccc2)n1C. The number of nitrogens with zero attached hydrogens (tertiary/aromatic N) is 3. The molecule has 2 heterocycles. The highest BCUT2D eigenvalue weighted by molar-refractivity contribution is 8.37. The van der Waals surface area contributed by atoms with Crippen molar-refractivity contribution in [1.82, 2.24) is 13.7 Å².